The molecule has 83 heavy (non-hydrogen) atoms. The number of para-hydroxylation sites is 2. The Morgan fingerprint density at radius 2 is 0.614 bits per heavy atom. The summed E-state index contributed by atoms with van der Waals surface area (Å²) >= 11 is 0. The molecule has 3 heteroatoms. The van der Waals surface area contributed by atoms with Gasteiger partial charge in [-0.25, -0.2) is 9.97 Å². The third kappa shape index (κ3) is 8.98. The molecule has 15 rings (SSSR count). The van der Waals surface area contributed by atoms with E-state index in [1.807, 2.05) is 0 Å². The molecule has 0 bridgehead atoms. The number of rotatable bonds is 11. The van der Waals surface area contributed by atoms with E-state index < -0.39 is 0 Å². The molecular weight excluding hydrogens is 1000 g/mol. The zero-order valence-corrected chi connectivity index (χ0v) is 45.4. The second-order valence-electron chi connectivity index (χ2n) is 21.2. The summed E-state index contributed by atoms with van der Waals surface area (Å²) in [4.78, 5) is 10.6. The zero-order valence-electron chi connectivity index (χ0n) is 45.4. The van der Waals surface area contributed by atoms with Gasteiger partial charge in [0.2, 0.25) is 0 Å². The quantitative estimate of drug-likeness (QED) is 0.129. The lowest BCUT2D eigenvalue weighted by atomic mass is 9.80. The Morgan fingerprint density at radius 1 is 0.229 bits per heavy atom. The summed E-state index contributed by atoms with van der Waals surface area (Å²) in [6.07, 6.45) is 0. The van der Waals surface area contributed by atoms with Crippen molar-refractivity contribution in [2.45, 2.75) is 0 Å². The lowest BCUT2D eigenvalue weighted by molar-refractivity contribution is 1.18. The van der Waals surface area contributed by atoms with Crippen molar-refractivity contribution in [2.75, 3.05) is 0 Å². The highest BCUT2D eigenvalue weighted by molar-refractivity contribution is 6.28. The first-order chi connectivity index (χ1) is 41.2. The van der Waals surface area contributed by atoms with E-state index in [-0.39, 0.29) is 0 Å². The van der Waals surface area contributed by atoms with Gasteiger partial charge in [0.1, 0.15) is 0 Å². The molecule has 0 unspecified atom stereocenters. The van der Waals surface area contributed by atoms with Crippen molar-refractivity contribution in [1.29, 1.82) is 0 Å². The first kappa shape index (κ1) is 49.1. The lowest BCUT2D eigenvalue weighted by Gasteiger charge is -2.24. The fraction of sp³-hybridized carbons (Fsp3) is 0. The molecule has 0 spiro atoms. The van der Waals surface area contributed by atoms with Crippen LogP contribution in [0.3, 0.4) is 0 Å². The average molecular weight is 1060 g/mol. The van der Waals surface area contributed by atoms with Gasteiger partial charge < -0.3 is 4.57 Å². The summed E-state index contributed by atoms with van der Waals surface area (Å²) < 4.78 is 2.57. The third-order valence-corrected chi connectivity index (χ3v) is 16.2. The number of aromatic nitrogens is 3. The molecule has 0 amide bonds. The van der Waals surface area contributed by atoms with Crippen LogP contribution >= 0.6 is 0 Å². The first-order valence-corrected chi connectivity index (χ1v) is 28.4. The number of hydrogen-bond donors (Lipinski definition) is 0. The average Bonchev–Trinajstić information content (AvgIpc) is 2.01. The Bertz CT molecular complexity index is 4830. The minimum absolute atomic E-state index is 0.687. The van der Waals surface area contributed by atoms with E-state index in [9.17, 15) is 0 Å². The number of hydrogen-bond acceptors (Lipinski definition) is 2. The summed E-state index contributed by atoms with van der Waals surface area (Å²) in [7, 11) is 0. The van der Waals surface area contributed by atoms with Gasteiger partial charge in [0, 0.05) is 55.2 Å². The molecule has 0 radical (unpaired) electrons. The van der Waals surface area contributed by atoms with Crippen LogP contribution in [0.5, 0.6) is 0 Å². The maximum atomic E-state index is 5.41. The van der Waals surface area contributed by atoms with E-state index in [1.54, 1.807) is 0 Å². The van der Waals surface area contributed by atoms with Gasteiger partial charge in [0.15, 0.2) is 5.82 Å². The highest BCUT2D eigenvalue weighted by Gasteiger charge is 2.30. The molecule has 0 atom stereocenters. The van der Waals surface area contributed by atoms with Gasteiger partial charge in [0.05, 0.1) is 22.2 Å². The summed E-state index contributed by atoms with van der Waals surface area (Å²) in [5.41, 5.74) is 25.6. The monoisotopic (exact) mass is 1060 g/mol. The van der Waals surface area contributed by atoms with Crippen molar-refractivity contribution in [3.05, 3.63) is 322 Å². The number of nitrogens with zero attached hydrogens (tertiary/aromatic N) is 3. The molecular formula is C80H53N3. The minimum atomic E-state index is 0.687. The van der Waals surface area contributed by atoms with Gasteiger partial charge in [-0.1, -0.05) is 291 Å². The van der Waals surface area contributed by atoms with Crippen LogP contribution in [0.4, 0.5) is 0 Å². The maximum Gasteiger partial charge on any atom is 0.160 e. The predicted molar refractivity (Wildman–Crippen MR) is 348 cm³/mol. The van der Waals surface area contributed by atoms with Crippen LogP contribution in [0, 0.1) is 0 Å². The van der Waals surface area contributed by atoms with Crippen LogP contribution in [0.15, 0.2) is 322 Å². The van der Waals surface area contributed by atoms with Crippen molar-refractivity contribution < 1.29 is 0 Å². The molecule has 0 aliphatic carbocycles. The van der Waals surface area contributed by atoms with Gasteiger partial charge in [-0.05, 0) is 97.1 Å². The van der Waals surface area contributed by atoms with Crippen molar-refractivity contribution in [3.8, 4) is 117 Å². The van der Waals surface area contributed by atoms with E-state index in [2.05, 4.69) is 326 Å². The Balaban J connectivity index is 1.03. The Hall–Kier alpha value is -11.0. The van der Waals surface area contributed by atoms with E-state index in [1.165, 1.54) is 44.3 Å². The second-order valence-corrected chi connectivity index (χ2v) is 21.2. The number of benzene rings is 13. The summed E-state index contributed by atoms with van der Waals surface area (Å²) in [6, 6.07) is 116. The lowest BCUT2D eigenvalue weighted by Crippen LogP contribution is -2.01. The van der Waals surface area contributed by atoms with Crippen LogP contribution in [-0.4, -0.2) is 14.5 Å². The maximum absolute atomic E-state index is 5.41. The molecule has 15 aromatic rings. The molecule has 0 aliphatic rings. The van der Waals surface area contributed by atoms with Crippen molar-refractivity contribution in [1.82, 2.24) is 14.5 Å². The molecule has 0 N–H and O–H groups in total. The summed E-state index contributed by atoms with van der Waals surface area (Å²) in [6.45, 7) is 0. The Morgan fingerprint density at radius 3 is 1.19 bits per heavy atom. The van der Waals surface area contributed by atoms with Gasteiger partial charge in [0.25, 0.3) is 0 Å². The van der Waals surface area contributed by atoms with Crippen LogP contribution in [0.25, 0.3) is 150 Å². The van der Waals surface area contributed by atoms with Crippen LogP contribution in [0.1, 0.15) is 0 Å². The van der Waals surface area contributed by atoms with E-state index >= 15 is 0 Å². The third-order valence-electron chi connectivity index (χ3n) is 16.2. The fourth-order valence-electron chi connectivity index (χ4n) is 12.4. The van der Waals surface area contributed by atoms with Gasteiger partial charge in [-0.3, -0.25) is 0 Å². The molecule has 0 saturated heterocycles. The van der Waals surface area contributed by atoms with Crippen LogP contribution in [-0.2, 0) is 0 Å². The standard InChI is InChI=1S/C80H53N3/c1-7-24-54(25-8-1)56-44-46-62(47-45-56)80-81-71-43-20-19-40-69(71)77(82-80)61-48-50-67(51-49-61)83-78-68(66-39-22-38-65(53-66)64-37-21-36-63(52-64)55-26-9-2-10-27-55)41-23-42-70(78)76-74(59-32-15-5-16-33-59)72(57-28-11-3-12-29-57)73(58-30-13-4-14-31-58)75(79(76)83)60-34-17-6-18-35-60/h1-53H. The Kier molecular flexibility index (Phi) is 12.6. The van der Waals surface area contributed by atoms with E-state index in [0.717, 1.165) is 99.9 Å². The zero-order chi connectivity index (χ0) is 55.1. The van der Waals surface area contributed by atoms with Crippen LogP contribution in [0.2, 0.25) is 0 Å². The van der Waals surface area contributed by atoms with E-state index in [0.29, 0.717) is 5.82 Å². The van der Waals surface area contributed by atoms with E-state index in [4.69, 9.17) is 9.97 Å². The van der Waals surface area contributed by atoms with Crippen molar-refractivity contribution >= 4 is 32.7 Å². The first-order valence-electron chi connectivity index (χ1n) is 28.4. The van der Waals surface area contributed by atoms with Gasteiger partial charge >= 0.3 is 0 Å². The molecule has 2 heterocycles. The van der Waals surface area contributed by atoms with Crippen molar-refractivity contribution in [2.24, 2.45) is 0 Å². The van der Waals surface area contributed by atoms with Crippen molar-refractivity contribution in [3.63, 3.8) is 0 Å². The molecule has 0 saturated carbocycles. The topological polar surface area (TPSA) is 30.7 Å². The normalized spacial score (nSPS) is 11.4. The predicted octanol–water partition coefficient (Wildman–Crippen LogP) is 21.4. The largest absolute Gasteiger partial charge is 0.308 e. The molecule has 3 nitrogen and oxygen atoms in total. The van der Waals surface area contributed by atoms with Crippen LogP contribution < -0.4 is 0 Å². The highest BCUT2D eigenvalue weighted by atomic mass is 15.0. The molecule has 0 fully saturated rings. The van der Waals surface area contributed by atoms with Gasteiger partial charge in [-0.15, -0.1) is 0 Å². The smallest absolute Gasteiger partial charge is 0.160 e. The fourth-order valence-corrected chi connectivity index (χ4v) is 12.4. The number of fused-ring (bicyclic) bond motifs is 4. The Labute approximate surface area is 483 Å². The minimum Gasteiger partial charge on any atom is -0.308 e. The molecule has 388 valence electrons. The molecule has 0 aliphatic heterocycles. The summed E-state index contributed by atoms with van der Waals surface area (Å²) in [5, 5.41) is 3.35. The summed E-state index contributed by atoms with van der Waals surface area (Å²) in [5.74, 6) is 0.687. The second kappa shape index (κ2) is 21.2. The molecule has 13 aromatic carbocycles. The molecule has 2 aromatic heterocycles. The SMILES string of the molecule is c1ccc(-c2ccc(-c3nc(-c4ccc(-n5c6c(-c7cccc(-c8cccc(-c9ccccc9)c8)c7)cccc6c6c(-c7ccccc7)c(-c7ccccc7)c(-c7ccccc7)c(-c7ccccc7)c65)cc4)c4ccccc4n3)cc2)cc1. The highest BCUT2D eigenvalue weighted by Crippen LogP contribution is 2.55. The van der Waals surface area contributed by atoms with Gasteiger partial charge in [-0.2, -0.15) is 0 Å².